The summed E-state index contributed by atoms with van der Waals surface area (Å²) in [7, 11) is 0. The molecular weight excluding hydrogens is 263 g/mol. The molecule has 1 aliphatic rings. The number of aromatic nitrogens is 1. The molecule has 6 heteroatoms. The fourth-order valence-corrected chi connectivity index (χ4v) is 3.24. The smallest absolute Gasteiger partial charge is 0.391 e. The number of hydrogen-bond donors (Lipinski definition) is 1. The van der Waals surface area contributed by atoms with E-state index in [1.165, 1.54) is 11.3 Å². The van der Waals surface area contributed by atoms with Gasteiger partial charge in [0.05, 0.1) is 17.5 Å². The maximum absolute atomic E-state index is 12.7. The quantitative estimate of drug-likeness (QED) is 0.919. The van der Waals surface area contributed by atoms with Gasteiger partial charge in [-0.25, -0.2) is 0 Å². The van der Waals surface area contributed by atoms with Gasteiger partial charge in [-0.15, -0.1) is 11.3 Å². The van der Waals surface area contributed by atoms with E-state index in [2.05, 4.69) is 4.98 Å². The molecule has 1 fully saturated rings. The molecule has 18 heavy (non-hydrogen) atoms. The first-order chi connectivity index (χ1) is 8.47. The molecule has 3 atom stereocenters. The lowest BCUT2D eigenvalue weighted by molar-refractivity contribution is -0.188. The van der Waals surface area contributed by atoms with Crippen molar-refractivity contribution in [3.63, 3.8) is 0 Å². The fourth-order valence-electron chi connectivity index (χ4n) is 2.59. The van der Waals surface area contributed by atoms with Gasteiger partial charge in [0, 0.05) is 17.5 Å². The lowest BCUT2D eigenvalue weighted by Crippen LogP contribution is -2.34. The highest BCUT2D eigenvalue weighted by molar-refractivity contribution is 7.09. The lowest BCUT2D eigenvalue weighted by atomic mass is 9.77. The third-order valence-corrected chi connectivity index (χ3v) is 4.42. The summed E-state index contributed by atoms with van der Waals surface area (Å²) in [5.74, 6) is -1.49. The van der Waals surface area contributed by atoms with Crippen molar-refractivity contribution < 1.29 is 18.3 Å². The molecule has 1 saturated carbocycles. The number of aliphatic hydroxyl groups is 1. The number of halogens is 3. The Morgan fingerprint density at radius 1 is 1.44 bits per heavy atom. The van der Waals surface area contributed by atoms with Crippen LogP contribution in [0, 0.1) is 11.8 Å². The second-order valence-corrected chi connectivity index (χ2v) is 5.88. The van der Waals surface area contributed by atoms with Crippen LogP contribution in [0.4, 0.5) is 13.2 Å². The van der Waals surface area contributed by atoms with E-state index in [0.717, 1.165) is 4.88 Å². The molecule has 1 aliphatic carbocycles. The van der Waals surface area contributed by atoms with Crippen LogP contribution in [0.15, 0.2) is 11.7 Å². The molecule has 0 amide bonds. The minimum absolute atomic E-state index is 0.0590. The topological polar surface area (TPSA) is 33.1 Å². The Morgan fingerprint density at radius 3 is 2.83 bits per heavy atom. The lowest BCUT2D eigenvalue weighted by Gasteiger charge is -2.33. The summed E-state index contributed by atoms with van der Waals surface area (Å²) >= 11 is 1.43. The Labute approximate surface area is 108 Å². The molecular formula is C12H16F3NOS. The summed E-state index contributed by atoms with van der Waals surface area (Å²) < 4.78 is 38.0. The predicted molar refractivity (Wildman–Crippen MR) is 63.3 cm³/mol. The molecule has 0 aromatic carbocycles. The Hall–Kier alpha value is -0.620. The molecule has 0 aliphatic heterocycles. The highest BCUT2D eigenvalue weighted by Crippen LogP contribution is 2.41. The Morgan fingerprint density at radius 2 is 2.22 bits per heavy atom. The van der Waals surface area contributed by atoms with Gasteiger partial charge < -0.3 is 5.11 Å². The number of nitrogens with zero attached hydrogens (tertiary/aromatic N) is 1. The fraction of sp³-hybridized carbons (Fsp3) is 0.750. The number of alkyl halides is 3. The largest absolute Gasteiger partial charge is 0.392 e. The first-order valence-electron chi connectivity index (χ1n) is 6.09. The molecule has 1 aromatic heterocycles. The normalized spacial score (nSPS) is 27.1. The average Bonchev–Trinajstić information content (AvgIpc) is 2.81. The van der Waals surface area contributed by atoms with Crippen LogP contribution in [0.3, 0.4) is 0 Å². The third kappa shape index (κ3) is 3.45. The number of aliphatic hydroxyl groups excluding tert-OH is 1. The summed E-state index contributed by atoms with van der Waals surface area (Å²) in [6, 6.07) is 0. The third-order valence-electron chi connectivity index (χ3n) is 3.62. The molecule has 1 aromatic rings. The van der Waals surface area contributed by atoms with Crippen LogP contribution in [0.1, 0.15) is 30.6 Å². The van der Waals surface area contributed by atoms with Crippen LogP contribution in [-0.2, 0) is 6.42 Å². The van der Waals surface area contributed by atoms with E-state index in [1.54, 1.807) is 11.7 Å². The summed E-state index contributed by atoms with van der Waals surface area (Å²) in [6.07, 6.45) is -1.23. The van der Waals surface area contributed by atoms with Crippen molar-refractivity contribution in [2.24, 2.45) is 11.8 Å². The van der Waals surface area contributed by atoms with Gasteiger partial charge in [0.1, 0.15) is 0 Å². The van der Waals surface area contributed by atoms with Gasteiger partial charge in [-0.1, -0.05) is 6.42 Å². The molecule has 0 saturated heterocycles. The Bertz CT molecular complexity index is 366. The van der Waals surface area contributed by atoms with Crippen LogP contribution < -0.4 is 0 Å². The van der Waals surface area contributed by atoms with Crippen LogP contribution >= 0.6 is 11.3 Å². The zero-order valence-corrected chi connectivity index (χ0v) is 10.7. The van der Waals surface area contributed by atoms with E-state index in [9.17, 15) is 18.3 Å². The van der Waals surface area contributed by atoms with Gasteiger partial charge in [-0.2, -0.15) is 13.2 Å². The summed E-state index contributed by atoms with van der Waals surface area (Å²) in [5, 5.41) is 10.0. The average molecular weight is 279 g/mol. The second-order valence-electron chi connectivity index (χ2n) is 4.90. The van der Waals surface area contributed by atoms with Crippen molar-refractivity contribution in [1.29, 1.82) is 0 Å². The molecule has 3 unspecified atom stereocenters. The van der Waals surface area contributed by atoms with Crippen molar-refractivity contribution in [3.8, 4) is 0 Å². The molecule has 2 nitrogen and oxygen atoms in total. The molecule has 0 bridgehead atoms. The van der Waals surface area contributed by atoms with E-state index >= 15 is 0 Å². The highest BCUT2D eigenvalue weighted by Gasteiger charge is 2.43. The SMILES string of the molecule is OC(Cc1cncs1)C1CCCC(C(F)(F)F)C1. The number of thiazole rings is 1. The molecule has 1 N–H and O–H groups in total. The molecule has 1 heterocycles. The molecule has 0 spiro atoms. The van der Waals surface area contributed by atoms with Gasteiger partial charge >= 0.3 is 6.18 Å². The van der Waals surface area contributed by atoms with Gasteiger partial charge in [0.25, 0.3) is 0 Å². The van der Waals surface area contributed by atoms with E-state index in [-0.39, 0.29) is 18.8 Å². The molecule has 102 valence electrons. The predicted octanol–water partition coefficient (Wildman–Crippen LogP) is 3.42. The van der Waals surface area contributed by atoms with Gasteiger partial charge in [0.15, 0.2) is 0 Å². The minimum Gasteiger partial charge on any atom is -0.392 e. The van der Waals surface area contributed by atoms with Gasteiger partial charge in [-0.05, 0) is 25.2 Å². The van der Waals surface area contributed by atoms with Crippen molar-refractivity contribution in [1.82, 2.24) is 4.98 Å². The van der Waals surface area contributed by atoms with Crippen LogP contribution in [-0.4, -0.2) is 22.4 Å². The summed E-state index contributed by atoms with van der Waals surface area (Å²) in [5.41, 5.74) is 1.67. The van der Waals surface area contributed by atoms with Crippen LogP contribution in [0.2, 0.25) is 0 Å². The Kier molecular flexibility index (Phi) is 4.27. The highest BCUT2D eigenvalue weighted by atomic mass is 32.1. The zero-order valence-electron chi connectivity index (χ0n) is 9.86. The van der Waals surface area contributed by atoms with E-state index in [0.29, 0.717) is 19.3 Å². The standard InChI is InChI=1S/C12H16F3NOS/c13-12(14,15)9-3-1-2-8(4-9)11(17)5-10-6-16-7-18-10/h6-9,11,17H,1-5H2. The maximum atomic E-state index is 12.7. The monoisotopic (exact) mass is 279 g/mol. The molecule has 2 rings (SSSR count). The van der Waals surface area contributed by atoms with Gasteiger partial charge in [0.2, 0.25) is 0 Å². The number of hydrogen-bond acceptors (Lipinski definition) is 3. The van der Waals surface area contributed by atoms with E-state index < -0.39 is 18.2 Å². The van der Waals surface area contributed by atoms with Crippen LogP contribution in [0.5, 0.6) is 0 Å². The van der Waals surface area contributed by atoms with E-state index in [1.807, 2.05) is 0 Å². The number of rotatable bonds is 3. The molecule has 0 radical (unpaired) electrons. The van der Waals surface area contributed by atoms with Crippen LogP contribution in [0.25, 0.3) is 0 Å². The van der Waals surface area contributed by atoms with Crippen molar-refractivity contribution in [3.05, 3.63) is 16.6 Å². The summed E-state index contributed by atoms with van der Waals surface area (Å²) in [4.78, 5) is 4.83. The zero-order chi connectivity index (χ0) is 13.2. The van der Waals surface area contributed by atoms with Crippen molar-refractivity contribution in [2.75, 3.05) is 0 Å². The van der Waals surface area contributed by atoms with E-state index in [4.69, 9.17) is 0 Å². The second kappa shape index (κ2) is 5.57. The Balaban J connectivity index is 1.92. The summed E-state index contributed by atoms with van der Waals surface area (Å²) in [6.45, 7) is 0. The first-order valence-corrected chi connectivity index (χ1v) is 6.97. The van der Waals surface area contributed by atoms with Gasteiger partial charge in [-0.3, -0.25) is 4.98 Å². The van der Waals surface area contributed by atoms with Crippen molar-refractivity contribution in [2.45, 2.75) is 44.4 Å². The minimum atomic E-state index is -4.12. The maximum Gasteiger partial charge on any atom is 0.391 e. The van der Waals surface area contributed by atoms with Crippen molar-refractivity contribution >= 4 is 11.3 Å². The first kappa shape index (κ1) is 13.8.